The van der Waals surface area contributed by atoms with Crippen molar-refractivity contribution in [3.8, 4) is 0 Å². The van der Waals surface area contributed by atoms with Gasteiger partial charge in [0.15, 0.2) is 6.29 Å². The molecule has 0 spiro atoms. The van der Waals surface area contributed by atoms with Gasteiger partial charge in [-0.15, -0.1) is 11.3 Å². The van der Waals surface area contributed by atoms with Crippen LogP contribution in [0.2, 0.25) is 0 Å². The van der Waals surface area contributed by atoms with Crippen LogP contribution in [0, 0.1) is 6.92 Å². The van der Waals surface area contributed by atoms with E-state index >= 15 is 0 Å². The first-order valence-corrected chi connectivity index (χ1v) is 3.60. The Morgan fingerprint density at radius 1 is 1.67 bits per heavy atom. The van der Waals surface area contributed by atoms with Gasteiger partial charge < -0.3 is 9.90 Å². The largest absolute Gasteiger partial charge is 1.00 e. The van der Waals surface area contributed by atoms with Crippen molar-refractivity contribution in [2.45, 2.75) is 6.92 Å². The van der Waals surface area contributed by atoms with Crippen LogP contribution in [0.15, 0.2) is 0 Å². The van der Waals surface area contributed by atoms with Crippen molar-refractivity contribution >= 4 is 23.6 Å². The van der Waals surface area contributed by atoms with Crippen molar-refractivity contribution in [2.24, 2.45) is 0 Å². The van der Waals surface area contributed by atoms with Crippen LogP contribution < -0.4 is 34.7 Å². The van der Waals surface area contributed by atoms with Gasteiger partial charge in [-0.3, -0.25) is 4.79 Å². The second kappa shape index (κ2) is 4.71. The molecular weight excluding hydrogens is 189 g/mol. The topological polar surface area (TPSA) is 70.1 Å². The third-order valence-corrected chi connectivity index (χ3v) is 2.02. The van der Waals surface area contributed by atoms with Crippen LogP contribution in [-0.2, 0) is 0 Å². The second-order valence-electron chi connectivity index (χ2n) is 1.85. The Kier molecular flexibility index (Phi) is 4.62. The standard InChI is InChI=1S/C6H5NO3S.Na/c1-3-7-4(2-8)5(11-3)6(9)10;/h2H,1H3,(H,9,10);/q;+1/p-1. The Bertz CT molecular complexity index is 310. The Hall–Kier alpha value is -0.230. The van der Waals surface area contributed by atoms with Crippen molar-refractivity contribution < 1.29 is 44.3 Å². The Morgan fingerprint density at radius 3 is 2.58 bits per heavy atom. The van der Waals surface area contributed by atoms with Gasteiger partial charge in [0.1, 0.15) is 5.69 Å². The van der Waals surface area contributed by atoms with E-state index in [-0.39, 0.29) is 40.1 Å². The van der Waals surface area contributed by atoms with Gasteiger partial charge in [-0.25, -0.2) is 4.98 Å². The first kappa shape index (κ1) is 11.8. The summed E-state index contributed by atoms with van der Waals surface area (Å²) in [5.74, 6) is -1.35. The van der Waals surface area contributed by atoms with E-state index in [4.69, 9.17) is 0 Å². The Morgan fingerprint density at radius 2 is 2.25 bits per heavy atom. The van der Waals surface area contributed by atoms with E-state index in [1.165, 1.54) is 0 Å². The first-order valence-electron chi connectivity index (χ1n) is 2.79. The number of hydrogen-bond acceptors (Lipinski definition) is 5. The van der Waals surface area contributed by atoms with Gasteiger partial charge in [-0.1, -0.05) is 0 Å². The smallest absolute Gasteiger partial charge is 0.544 e. The van der Waals surface area contributed by atoms with Gasteiger partial charge in [-0.2, -0.15) is 0 Å². The maximum Gasteiger partial charge on any atom is 1.00 e. The average molecular weight is 193 g/mol. The number of aryl methyl sites for hydroxylation is 1. The summed E-state index contributed by atoms with van der Waals surface area (Å²) < 4.78 is 0. The number of carboxylic acid groups (broad SMARTS) is 1. The number of aromatic carboxylic acids is 1. The molecule has 0 aliphatic carbocycles. The van der Waals surface area contributed by atoms with E-state index in [0.29, 0.717) is 11.3 Å². The molecule has 0 saturated carbocycles. The zero-order valence-electron chi connectivity index (χ0n) is 6.66. The molecule has 0 fully saturated rings. The van der Waals surface area contributed by atoms with Crippen LogP contribution in [0.3, 0.4) is 0 Å². The van der Waals surface area contributed by atoms with E-state index in [9.17, 15) is 14.7 Å². The van der Waals surface area contributed by atoms with Crippen molar-refractivity contribution in [3.05, 3.63) is 15.6 Å². The summed E-state index contributed by atoms with van der Waals surface area (Å²) in [5.41, 5.74) is -0.0486. The molecule has 0 saturated heterocycles. The maximum absolute atomic E-state index is 10.3. The third kappa shape index (κ3) is 2.38. The van der Waals surface area contributed by atoms with E-state index in [1.807, 2.05) is 0 Å². The molecule has 0 aliphatic rings. The van der Waals surface area contributed by atoms with Crippen LogP contribution in [-0.4, -0.2) is 17.2 Å². The molecule has 1 aromatic heterocycles. The fourth-order valence-corrected chi connectivity index (χ4v) is 1.39. The molecule has 0 bridgehead atoms. The number of carbonyl (C=O) groups excluding carboxylic acids is 2. The molecule has 0 aliphatic heterocycles. The van der Waals surface area contributed by atoms with E-state index in [2.05, 4.69) is 4.98 Å². The Labute approximate surface area is 94.9 Å². The molecule has 1 aromatic rings. The minimum absolute atomic E-state index is 0. The molecular formula is C6H4NNaO3S. The van der Waals surface area contributed by atoms with Gasteiger partial charge in [-0.05, 0) is 6.92 Å². The molecule has 0 atom stereocenters. The van der Waals surface area contributed by atoms with Crippen LogP contribution in [0.4, 0.5) is 0 Å². The zero-order valence-corrected chi connectivity index (χ0v) is 9.47. The number of thiazole rings is 1. The minimum atomic E-state index is -1.35. The summed E-state index contributed by atoms with van der Waals surface area (Å²) in [6.07, 6.45) is 0.411. The number of aromatic nitrogens is 1. The third-order valence-electron chi connectivity index (χ3n) is 1.06. The minimum Gasteiger partial charge on any atom is -0.544 e. The van der Waals surface area contributed by atoms with Gasteiger partial charge in [0.05, 0.1) is 15.9 Å². The number of nitrogens with zero attached hydrogens (tertiary/aromatic N) is 1. The fraction of sp³-hybridized carbons (Fsp3) is 0.167. The monoisotopic (exact) mass is 193 g/mol. The first-order chi connectivity index (χ1) is 5.15. The van der Waals surface area contributed by atoms with Crippen molar-refractivity contribution in [3.63, 3.8) is 0 Å². The second-order valence-corrected chi connectivity index (χ2v) is 3.06. The Balaban J connectivity index is 0.00000121. The average Bonchev–Trinajstić information content (AvgIpc) is 2.30. The van der Waals surface area contributed by atoms with E-state index in [1.54, 1.807) is 6.92 Å². The quantitative estimate of drug-likeness (QED) is 0.363. The van der Waals surface area contributed by atoms with E-state index in [0.717, 1.165) is 11.3 Å². The SMILES string of the molecule is Cc1nc(C=O)c(C(=O)[O-])s1.[Na+]. The summed E-state index contributed by atoms with van der Waals surface area (Å²) in [6.45, 7) is 1.63. The van der Waals surface area contributed by atoms with Crippen LogP contribution in [0.1, 0.15) is 25.2 Å². The molecule has 0 unspecified atom stereocenters. The van der Waals surface area contributed by atoms with Crippen molar-refractivity contribution in [2.75, 3.05) is 0 Å². The molecule has 58 valence electrons. The zero-order chi connectivity index (χ0) is 8.43. The summed E-state index contributed by atoms with van der Waals surface area (Å²) >= 11 is 0.943. The van der Waals surface area contributed by atoms with E-state index < -0.39 is 5.97 Å². The molecule has 1 heterocycles. The molecule has 0 radical (unpaired) electrons. The predicted octanol–water partition coefficient (Wildman–Crippen LogP) is -3.37. The predicted molar refractivity (Wildman–Crippen MR) is 36.6 cm³/mol. The number of carboxylic acids is 1. The molecule has 12 heavy (non-hydrogen) atoms. The normalized spacial score (nSPS) is 8.75. The molecule has 0 N–H and O–H groups in total. The fourth-order valence-electron chi connectivity index (χ4n) is 0.669. The molecule has 4 nitrogen and oxygen atoms in total. The van der Waals surface area contributed by atoms with Gasteiger partial charge in [0.25, 0.3) is 0 Å². The maximum atomic E-state index is 10.3. The van der Waals surface area contributed by atoms with Crippen LogP contribution >= 0.6 is 11.3 Å². The summed E-state index contributed by atoms with van der Waals surface area (Å²) in [4.78, 5) is 24.1. The number of carbonyl (C=O) groups is 2. The molecule has 0 aromatic carbocycles. The van der Waals surface area contributed by atoms with Crippen LogP contribution in [0.25, 0.3) is 0 Å². The van der Waals surface area contributed by atoms with Crippen molar-refractivity contribution in [1.82, 2.24) is 4.98 Å². The number of rotatable bonds is 2. The number of aldehydes is 1. The van der Waals surface area contributed by atoms with Gasteiger partial charge in [0.2, 0.25) is 0 Å². The van der Waals surface area contributed by atoms with Crippen molar-refractivity contribution in [1.29, 1.82) is 0 Å². The summed E-state index contributed by atoms with van der Waals surface area (Å²) in [7, 11) is 0. The van der Waals surface area contributed by atoms with Gasteiger partial charge >= 0.3 is 29.6 Å². The van der Waals surface area contributed by atoms with Gasteiger partial charge in [0, 0.05) is 0 Å². The summed E-state index contributed by atoms with van der Waals surface area (Å²) in [6, 6.07) is 0. The molecule has 6 heteroatoms. The molecule has 1 rings (SSSR count). The molecule has 0 amide bonds. The van der Waals surface area contributed by atoms with Crippen LogP contribution in [0.5, 0.6) is 0 Å². The number of hydrogen-bond donors (Lipinski definition) is 0. The summed E-state index contributed by atoms with van der Waals surface area (Å²) in [5, 5.41) is 10.8.